The lowest BCUT2D eigenvalue weighted by molar-refractivity contribution is -0.132. The molecule has 1 aromatic carbocycles. The largest absolute Gasteiger partial charge is 0.337 e. The first kappa shape index (κ1) is 18.4. The number of carbonyl (C=O) groups excluding carboxylic acids is 2. The highest BCUT2D eigenvalue weighted by Gasteiger charge is 2.34. The van der Waals surface area contributed by atoms with Gasteiger partial charge in [0.2, 0.25) is 11.8 Å². The standard InChI is InChI=1S/C17H24N2O4S/c1-4-18(16-9-10-24(22,23)12-16)17(21)11-19(14(3)20)15-7-5-13(2)6-8-15/h5-8,16H,4,9-12H2,1-3H3. The van der Waals surface area contributed by atoms with Crippen LogP contribution < -0.4 is 4.90 Å². The van der Waals surface area contributed by atoms with Gasteiger partial charge >= 0.3 is 0 Å². The van der Waals surface area contributed by atoms with Gasteiger partial charge in [-0.3, -0.25) is 9.59 Å². The number of rotatable bonds is 5. The fraction of sp³-hybridized carbons (Fsp3) is 0.529. The number of sulfone groups is 1. The van der Waals surface area contributed by atoms with E-state index in [0.29, 0.717) is 18.7 Å². The second-order valence-corrected chi connectivity index (χ2v) is 8.41. The van der Waals surface area contributed by atoms with Crippen molar-refractivity contribution in [3.8, 4) is 0 Å². The van der Waals surface area contributed by atoms with Gasteiger partial charge in [0.25, 0.3) is 0 Å². The SMILES string of the molecule is CCN(C(=O)CN(C(C)=O)c1ccc(C)cc1)C1CCS(=O)(=O)C1. The monoisotopic (exact) mass is 352 g/mol. The van der Waals surface area contributed by atoms with Crippen molar-refractivity contribution >= 4 is 27.3 Å². The van der Waals surface area contributed by atoms with Crippen LogP contribution in [0.25, 0.3) is 0 Å². The Kier molecular flexibility index (Phi) is 5.64. The molecule has 0 radical (unpaired) electrons. The highest BCUT2D eigenvalue weighted by atomic mass is 32.2. The smallest absolute Gasteiger partial charge is 0.242 e. The van der Waals surface area contributed by atoms with E-state index in [1.165, 1.54) is 11.8 Å². The second-order valence-electron chi connectivity index (χ2n) is 6.18. The average molecular weight is 352 g/mol. The summed E-state index contributed by atoms with van der Waals surface area (Å²) in [5.41, 5.74) is 1.73. The number of carbonyl (C=O) groups is 2. The Bertz CT molecular complexity index is 713. The number of hydrogen-bond donors (Lipinski definition) is 0. The van der Waals surface area contributed by atoms with Gasteiger partial charge in [-0.1, -0.05) is 17.7 Å². The topological polar surface area (TPSA) is 74.8 Å². The summed E-state index contributed by atoms with van der Waals surface area (Å²) in [7, 11) is -3.06. The van der Waals surface area contributed by atoms with Crippen molar-refractivity contribution in [1.29, 1.82) is 0 Å². The zero-order valence-corrected chi connectivity index (χ0v) is 15.2. The Hall–Kier alpha value is -1.89. The zero-order chi connectivity index (χ0) is 17.9. The summed E-state index contributed by atoms with van der Waals surface area (Å²) in [4.78, 5) is 27.6. The van der Waals surface area contributed by atoms with Gasteiger partial charge < -0.3 is 9.80 Å². The molecule has 1 unspecified atom stereocenters. The summed E-state index contributed by atoms with van der Waals surface area (Å²) < 4.78 is 23.3. The third-order valence-electron chi connectivity index (χ3n) is 4.33. The van der Waals surface area contributed by atoms with Crippen LogP contribution in [-0.2, 0) is 19.4 Å². The van der Waals surface area contributed by atoms with Crippen molar-refractivity contribution in [1.82, 2.24) is 4.90 Å². The van der Waals surface area contributed by atoms with Crippen LogP contribution in [0.2, 0.25) is 0 Å². The van der Waals surface area contributed by atoms with Crippen LogP contribution in [0.4, 0.5) is 5.69 Å². The molecule has 132 valence electrons. The molecule has 1 atom stereocenters. The Morgan fingerprint density at radius 3 is 2.29 bits per heavy atom. The summed E-state index contributed by atoms with van der Waals surface area (Å²) in [6.45, 7) is 5.55. The van der Waals surface area contributed by atoms with Gasteiger partial charge in [-0.05, 0) is 32.4 Å². The molecule has 1 aliphatic rings. The second kappa shape index (κ2) is 7.34. The van der Waals surface area contributed by atoms with Gasteiger partial charge in [0.1, 0.15) is 6.54 Å². The maximum atomic E-state index is 12.7. The maximum Gasteiger partial charge on any atom is 0.242 e. The molecule has 0 bridgehead atoms. The minimum Gasteiger partial charge on any atom is -0.337 e. The molecule has 2 amide bonds. The molecule has 0 aliphatic carbocycles. The predicted octanol–water partition coefficient (Wildman–Crippen LogP) is 1.38. The highest BCUT2D eigenvalue weighted by Crippen LogP contribution is 2.20. The van der Waals surface area contributed by atoms with Crippen molar-refractivity contribution < 1.29 is 18.0 Å². The summed E-state index contributed by atoms with van der Waals surface area (Å²) in [6.07, 6.45) is 0.465. The molecule has 0 spiro atoms. The van der Waals surface area contributed by atoms with E-state index in [2.05, 4.69) is 0 Å². The fourth-order valence-corrected chi connectivity index (χ4v) is 4.73. The van der Waals surface area contributed by atoms with Crippen molar-refractivity contribution in [2.45, 2.75) is 33.2 Å². The molecule has 6 nitrogen and oxygen atoms in total. The number of likely N-dealkylation sites (N-methyl/N-ethyl adjacent to an activating group) is 1. The average Bonchev–Trinajstić information content (AvgIpc) is 2.86. The molecule has 0 aromatic heterocycles. The van der Waals surface area contributed by atoms with E-state index in [9.17, 15) is 18.0 Å². The first-order chi connectivity index (χ1) is 11.2. The lowest BCUT2D eigenvalue weighted by Gasteiger charge is -2.30. The van der Waals surface area contributed by atoms with E-state index >= 15 is 0 Å². The number of nitrogens with zero attached hydrogens (tertiary/aromatic N) is 2. The van der Waals surface area contributed by atoms with Crippen LogP contribution in [0.3, 0.4) is 0 Å². The molecule has 7 heteroatoms. The first-order valence-electron chi connectivity index (χ1n) is 8.08. The van der Waals surface area contributed by atoms with Gasteiger partial charge in [0, 0.05) is 25.2 Å². The third-order valence-corrected chi connectivity index (χ3v) is 6.08. The fourth-order valence-electron chi connectivity index (χ4n) is 2.99. The molecule has 1 fully saturated rings. The zero-order valence-electron chi connectivity index (χ0n) is 14.4. The minimum absolute atomic E-state index is 0.0111. The van der Waals surface area contributed by atoms with E-state index in [4.69, 9.17) is 0 Å². The quantitative estimate of drug-likeness (QED) is 0.802. The number of aryl methyl sites for hydroxylation is 1. The molecular weight excluding hydrogens is 328 g/mol. The normalized spacial score (nSPS) is 19.0. The highest BCUT2D eigenvalue weighted by molar-refractivity contribution is 7.91. The van der Waals surface area contributed by atoms with Gasteiger partial charge in [-0.15, -0.1) is 0 Å². The van der Waals surface area contributed by atoms with Gasteiger partial charge in [-0.2, -0.15) is 0 Å². The van der Waals surface area contributed by atoms with Crippen LogP contribution in [0.15, 0.2) is 24.3 Å². The molecular formula is C17H24N2O4S. The predicted molar refractivity (Wildman–Crippen MR) is 93.7 cm³/mol. The van der Waals surface area contributed by atoms with Crippen LogP contribution >= 0.6 is 0 Å². The van der Waals surface area contributed by atoms with Crippen LogP contribution in [-0.4, -0.2) is 55.8 Å². The molecule has 2 rings (SSSR count). The molecule has 0 N–H and O–H groups in total. The lowest BCUT2D eigenvalue weighted by Crippen LogP contribution is -2.47. The Balaban J connectivity index is 2.14. The molecule has 24 heavy (non-hydrogen) atoms. The van der Waals surface area contributed by atoms with Crippen molar-refractivity contribution in [2.75, 3.05) is 29.5 Å². The Morgan fingerprint density at radius 1 is 1.21 bits per heavy atom. The van der Waals surface area contributed by atoms with Gasteiger partial charge in [-0.25, -0.2) is 8.42 Å². The first-order valence-corrected chi connectivity index (χ1v) is 9.90. The molecule has 1 aliphatic heterocycles. The van der Waals surface area contributed by atoms with Gasteiger partial charge in [0.15, 0.2) is 9.84 Å². The van der Waals surface area contributed by atoms with E-state index < -0.39 is 9.84 Å². The summed E-state index contributed by atoms with van der Waals surface area (Å²) >= 11 is 0. The van der Waals surface area contributed by atoms with Crippen LogP contribution in [0.5, 0.6) is 0 Å². The maximum absolute atomic E-state index is 12.7. The van der Waals surface area contributed by atoms with Crippen molar-refractivity contribution in [3.63, 3.8) is 0 Å². The summed E-state index contributed by atoms with van der Waals surface area (Å²) in [5, 5.41) is 0. The van der Waals surface area contributed by atoms with E-state index in [0.717, 1.165) is 5.56 Å². The van der Waals surface area contributed by atoms with E-state index in [1.807, 2.05) is 26.0 Å². The van der Waals surface area contributed by atoms with Crippen LogP contribution in [0, 0.1) is 6.92 Å². The number of anilines is 1. The molecule has 1 heterocycles. The van der Waals surface area contributed by atoms with E-state index in [-0.39, 0.29) is 35.9 Å². The Morgan fingerprint density at radius 2 is 1.83 bits per heavy atom. The minimum atomic E-state index is -3.06. The Labute approximate surface area is 143 Å². The number of benzene rings is 1. The lowest BCUT2D eigenvalue weighted by atomic mass is 10.2. The van der Waals surface area contributed by atoms with Crippen molar-refractivity contribution in [3.05, 3.63) is 29.8 Å². The third kappa shape index (κ3) is 4.35. The number of amides is 2. The number of hydrogen-bond acceptors (Lipinski definition) is 4. The molecule has 0 saturated carbocycles. The molecule has 1 aromatic rings. The van der Waals surface area contributed by atoms with Gasteiger partial charge in [0.05, 0.1) is 11.5 Å². The van der Waals surface area contributed by atoms with Crippen molar-refractivity contribution in [2.24, 2.45) is 0 Å². The van der Waals surface area contributed by atoms with E-state index in [1.54, 1.807) is 17.0 Å². The summed E-state index contributed by atoms with van der Waals surface area (Å²) in [6, 6.07) is 7.09. The molecule has 1 saturated heterocycles. The summed E-state index contributed by atoms with van der Waals surface area (Å²) in [5.74, 6) is -0.315. The van der Waals surface area contributed by atoms with Crippen LogP contribution in [0.1, 0.15) is 25.8 Å².